The molecule has 4 heteroatoms. The standard InChI is InChI=1S/C5H6N2O2/c8-5(9)4-1-2-6-3-7-4/h1-3,5,8-9H. The molecule has 1 aromatic rings. The van der Waals surface area contributed by atoms with Gasteiger partial charge in [0.15, 0.2) is 6.29 Å². The summed E-state index contributed by atoms with van der Waals surface area (Å²) in [7, 11) is 0. The lowest BCUT2D eigenvalue weighted by atomic mass is 10.4. The van der Waals surface area contributed by atoms with E-state index in [2.05, 4.69) is 9.97 Å². The highest BCUT2D eigenvalue weighted by atomic mass is 16.5. The first-order valence-electron chi connectivity index (χ1n) is 2.43. The Balaban J connectivity index is 2.85. The van der Waals surface area contributed by atoms with Crippen LogP contribution in [0.25, 0.3) is 0 Å². The summed E-state index contributed by atoms with van der Waals surface area (Å²) < 4.78 is 0. The topological polar surface area (TPSA) is 66.2 Å². The summed E-state index contributed by atoms with van der Waals surface area (Å²) in [5.74, 6) is 0. The summed E-state index contributed by atoms with van der Waals surface area (Å²) in [6.45, 7) is 0. The van der Waals surface area contributed by atoms with Crippen LogP contribution in [0.5, 0.6) is 0 Å². The maximum atomic E-state index is 8.49. The van der Waals surface area contributed by atoms with Crippen molar-refractivity contribution in [2.24, 2.45) is 0 Å². The molecule has 1 aromatic heterocycles. The van der Waals surface area contributed by atoms with Gasteiger partial charge in [-0.15, -0.1) is 0 Å². The second-order valence-corrected chi connectivity index (χ2v) is 1.51. The van der Waals surface area contributed by atoms with Crippen molar-refractivity contribution in [3.05, 3.63) is 24.3 Å². The van der Waals surface area contributed by atoms with Gasteiger partial charge in [-0.3, -0.25) is 0 Å². The molecule has 9 heavy (non-hydrogen) atoms. The first kappa shape index (κ1) is 6.12. The van der Waals surface area contributed by atoms with E-state index in [9.17, 15) is 0 Å². The summed E-state index contributed by atoms with van der Waals surface area (Å²) in [4.78, 5) is 7.16. The van der Waals surface area contributed by atoms with E-state index in [-0.39, 0.29) is 5.69 Å². The average molecular weight is 126 g/mol. The van der Waals surface area contributed by atoms with Crippen molar-refractivity contribution in [3.8, 4) is 0 Å². The molecule has 0 aromatic carbocycles. The molecule has 0 atom stereocenters. The molecule has 48 valence electrons. The van der Waals surface area contributed by atoms with Crippen molar-refractivity contribution in [3.63, 3.8) is 0 Å². The Morgan fingerprint density at radius 1 is 1.44 bits per heavy atom. The Bertz CT molecular complexity index is 176. The molecule has 0 aliphatic rings. The molecule has 0 radical (unpaired) electrons. The van der Waals surface area contributed by atoms with Gasteiger partial charge < -0.3 is 10.2 Å². The van der Waals surface area contributed by atoms with Gasteiger partial charge in [-0.05, 0) is 6.07 Å². The normalized spacial score (nSPS) is 10.1. The molecular formula is C5H6N2O2. The molecule has 1 heterocycles. The van der Waals surface area contributed by atoms with Crippen LogP contribution in [0.15, 0.2) is 18.6 Å². The third-order valence-corrected chi connectivity index (χ3v) is 0.869. The number of aromatic nitrogens is 2. The fourth-order valence-corrected chi connectivity index (χ4v) is 0.454. The first-order valence-corrected chi connectivity index (χ1v) is 2.43. The zero-order valence-corrected chi connectivity index (χ0v) is 4.60. The van der Waals surface area contributed by atoms with Gasteiger partial charge in [0.05, 0.1) is 5.69 Å². The maximum absolute atomic E-state index is 8.49. The SMILES string of the molecule is OC(O)c1ccncn1. The van der Waals surface area contributed by atoms with Crippen molar-refractivity contribution in [2.75, 3.05) is 0 Å². The van der Waals surface area contributed by atoms with Crippen LogP contribution in [-0.2, 0) is 0 Å². The van der Waals surface area contributed by atoms with Crippen LogP contribution in [0.2, 0.25) is 0 Å². The smallest absolute Gasteiger partial charge is 0.196 e. The van der Waals surface area contributed by atoms with Gasteiger partial charge in [-0.25, -0.2) is 9.97 Å². The molecule has 0 aliphatic carbocycles. The van der Waals surface area contributed by atoms with Gasteiger partial charge in [-0.2, -0.15) is 0 Å². The van der Waals surface area contributed by atoms with Crippen LogP contribution in [0.1, 0.15) is 12.0 Å². The van der Waals surface area contributed by atoms with E-state index in [0.717, 1.165) is 0 Å². The molecule has 1 rings (SSSR count). The zero-order chi connectivity index (χ0) is 6.69. The predicted molar refractivity (Wildman–Crippen MR) is 29.2 cm³/mol. The van der Waals surface area contributed by atoms with Gasteiger partial charge in [0.1, 0.15) is 6.33 Å². The first-order chi connectivity index (χ1) is 4.30. The van der Waals surface area contributed by atoms with Gasteiger partial charge in [0, 0.05) is 6.20 Å². The molecule has 0 saturated heterocycles. The molecule has 0 spiro atoms. The fraction of sp³-hybridized carbons (Fsp3) is 0.200. The monoisotopic (exact) mass is 126 g/mol. The number of rotatable bonds is 1. The largest absolute Gasteiger partial charge is 0.363 e. The summed E-state index contributed by atoms with van der Waals surface area (Å²) in [5, 5.41) is 17.0. The maximum Gasteiger partial charge on any atom is 0.196 e. The van der Waals surface area contributed by atoms with Crippen molar-refractivity contribution in [2.45, 2.75) is 6.29 Å². The minimum absolute atomic E-state index is 0.213. The average Bonchev–Trinajstić information content (AvgIpc) is 1.90. The van der Waals surface area contributed by atoms with Crippen molar-refractivity contribution < 1.29 is 10.2 Å². The van der Waals surface area contributed by atoms with Crippen LogP contribution < -0.4 is 0 Å². The molecule has 4 nitrogen and oxygen atoms in total. The summed E-state index contributed by atoms with van der Waals surface area (Å²) in [5.41, 5.74) is 0.213. The Hall–Kier alpha value is -1.00. The Labute approximate surface area is 51.8 Å². The molecule has 2 N–H and O–H groups in total. The highest BCUT2D eigenvalue weighted by Crippen LogP contribution is 2.01. The van der Waals surface area contributed by atoms with Crippen LogP contribution in [0, 0.1) is 0 Å². The Morgan fingerprint density at radius 3 is 2.56 bits per heavy atom. The number of hydrogen-bond acceptors (Lipinski definition) is 4. The van der Waals surface area contributed by atoms with Crippen molar-refractivity contribution in [1.29, 1.82) is 0 Å². The van der Waals surface area contributed by atoms with Crippen molar-refractivity contribution in [1.82, 2.24) is 9.97 Å². The molecule has 0 amide bonds. The lowest BCUT2D eigenvalue weighted by Crippen LogP contribution is -1.97. The zero-order valence-electron chi connectivity index (χ0n) is 4.60. The van der Waals surface area contributed by atoms with Crippen LogP contribution in [-0.4, -0.2) is 20.2 Å². The number of hydrogen-bond donors (Lipinski definition) is 2. The number of aliphatic hydroxyl groups is 2. The third-order valence-electron chi connectivity index (χ3n) is 0.869. The van der Waals surface area contributed by atoms with E-state index in [1.54, 1.807) is 0 Å². The summed E-state index contributed by atoms with van der Waals surface area (Å²) in [6.07, 6.45) is 1.21. The van der Waals surface area contributed by atoms with Crippen molar-refractivity contribution >= 4 is 0 Å². The van der Waals surface area contributed by atoms with E-state index < -0.39 is 6.29 Å². The predicted octanol–water partition coefficient (Wildman–Crippen LogP) is -0.540. The quantitative estimate of drug-likeness (QED) is 0.496. The fourth-order valence-electron chi connectivity index (χ4n) is 0.454. The van der Waals surface area contributed by atoms with E-state index >= 15 is 0 Å². The highest BCUT2D eigenvalue weighted by Gasteiger charge is 1.99. The Kier molecular flexibility index (Phi) is 1.72. The number of aliphatic hydroxyl groups excluding tert-OH is 1. The van der Waals surface area contributed by atoms with E-state index in [4.69, 9.17) is 10.2 Å². The Morgan fingerprint density at radius 2 is 2.22 bits per heavy atom. The summed E-state index contributed by atoms with van der Waals surface area (Å²) >= 11 is 0. The van der Waals surface area contributed by atoms with Gasteiger partial charge in [-0.1, -0.05) is 0 Å². The second kappa shape index (κ2) is 2.52. The lowest BCUT2D eigenvalue weighted by molar-refractivity contribution is -0.0459. The minimum Gasteiger partial charge on any atom is -0.363 e. The van der Waals surface area contributed by atoms with Gasteiger partial charge in [0.25, 0.3) is 0 Å². The van der Waals surface area contributed by atoms with Crippen LogP contribution in [0.4, 0.5) is 0 Å². The van der Waals surface area contributed by atoms with Crippen LogP contribution >= 0.6 is 0 Å². The third kappa shape index (κ3) is 1.45. The highest BCUT2D eigenvalue weighted by molar-refractivity contribution is 4.97. The molecule has 0 aliphatic heterocycles. The second-order valence-electron chi connectivity index (χ2n) is 1.51. The lowest BCUT2D eigenvalue weighted by Gasteiger charge is -1.98. The molecule has 0 unspecified atom stereocenters. The molecular weight excluding hydrogens is 120 g/mol. The summed E-state index contributed by atoms with van der Waals surface area (Å²) in [6, 6.07) is 1.44. The van der Waals surface area contributed by atoms with E-state index in [0.29, 0.717) is 0 Å². The van der Waals surface area contributed by atoms with E-state index in [1.807, 2.05) is 0 Å². The van der Waals surface area contributed by atoms with Gasteiger partial charge >= 0.3 is 0 Å². The van der Waals surface area contributed by atoms with E-state index in [1.165, 1.54) is 18.6 Å². The molecule has 0 bridgehead atoms. The number of nitrogens with zero attached hydrogens (tertiary/aromatic N) is 2. The van der Waals surface area contributed by atoms with Gasteiger partial charge in [0.2, 0.25) is 0 Å². The minimum atomic E-state index is -1.49. The molecule has 0 saturated carbocycles. The van der Waals surface area contributed by atoms with Crippen LogP contribution in [0.3, 0.4) is 0 Å². The molecule has 0 fully saturated rings.